The fourth-order valence-electron chi connectivity index (χ4n) is 2.07. The number of rotatable bonds is 2. The van der Waals surface area contributed by atoms with Gasteiger partial charge in [0.15, 0.2) is 0 Å². The summed E-state index contributed by atoms with van der Waals surface area (Å²) in [5.74, 6) is -0.792. The Balaban J connectivity index is 2.17. The van der Waals surface area contributed by atoms with Gasteiger partial charge in [-0.25, -0.2) is 8.78 Å². The molecule has 1 heterocycles. The summed E-state index contributed by atoms with van der Waals surface area (Å²) >= 11 is 0. The molecule has 0 spiro atoms. The van der Waals surface area contributed by atoms with E-state index in [0.717, 1.165) is 6.42 Å². The van der Waals surface area contributed by atoms with Gasteiger partial charge in [-0.15, -0.1) is 0 Å². The molecule has 4 heteroatoms. The summed E-state index contributed by atoms with van der Waals surface area (Å²) in [6.07, 6.45) is 0.518. The van der Waals surface area contributed by atoms with Crippen LogP contribution in [-0.2, 0) is 4.74 Å². The second-order valence-corrected chi connectivity index (χ2v) is 5.22. The molecule has 0 aromatic heterocycles. The Morgan fingerprint density at radius 3 is 2.67 bits per heavy atom. The van der Waals surface area contributed by atoms with E-state index in [2.05, 4.69) is 19.2 Å². The van der Waals surface area contributed by atoms with E-state index in [1.54, 1.807) is 6.92 Å². The summed E-state index contributed by atoms with van der Waals surface area (Å²) in [4.78, 5) is 0. The van der Waals surface area contributed by atoms with E-state index in [1.165, 1.54) is 12.1 Å². The molecule has 0 amide bonds. The van der Waals surface area contributed by atoms with Gasteiger partial charge in [0.05, 0.1) is 12.7 Å². The van der Waals surface area contributed by atoms with Crippen LogP contribution in [-0.4, -0.2) is 18.7 Å². The van der Waals surface area contributed by atoms with Gasteiger partial charge in [0.1, 0.15) is 11.6 Å². The maximum Gasteiger partial charge on any atom is 0.129 e. The van der Waals surface area contributed by atoms with E-state index in [0.29, 0.717) is 24.3 Å². The van der Waals surface area contributed by atoms with E-state index < -0.39 is 11.9 Å². The highest BCUT2D eigenvalue weighted by molar-refractivity contribution is 5.27. The average Bonchev–Trinajstić information content (AvgIpc) is 2.35. The van der Waals surface area contributed by atoms with Gasteiger partial charge in [0.25, 0.3) is 0 Å². The molecule has 2 nitrogen and oxygen atoms in total. The quantitative estimate of drug-likeness (QED) is 0.876. The maximum absolute atomic E-state index is 13.8. The van der Waals surface area contributed by atoms with E-state index in [4.69, 9.17) is 4.74 Å². The minimum atomic E-state index is -0.417. The highest BCUT2D eigenvalue weighted by Crippen LogP contribution is 2.28. The van der Waals surface area contributed by atoms with Crippen LogP contribution in [0.4, 0.5) is 8.78 Å². The van der Waals surface area contributed by atoms with Crippen molar-refractivity contribution < 1.29 is 13.5 Å². The molecule has 0 bridgehead atoms. The molecule has 1 aromatic carbocycles. The first-order chi connectivity index (χ1) is 8.45. The molecule has 100 valence electrons. The lowest BCUT2D eigenvalue weighted by Gasteiger charge is -2.38. The van der Waals surface area contributed by atoms with Crippen LogP contribution < -0.4 is 5.32 Å². The van der Waals surface area contributed by atoms with Crippen LogP contribution >= 0.6 is 0 Å². The SMILES string of the molecule is CCC1(C)COC(c2cc(F)c(C)cc2F)CN1. The normalized spacial score (nSPS) is 28.4. The summed E-state index contributed by atoms with van der Waals surface area (Å²) in [7, 11) is 0. The van der Waals surface area contributed by atoms with Gasteiger partial charge in [-0.1, -0.05) is 6.92 Å². The highest BCUT2D eigenvalue weighted by atomic mass is 19.1. The minimum Gasteiger partial charge on any atom is -0.370 e. The summed E-state index contributed by atoms with van der Waals surface area (Å²) in [5, 5.41) is 3.34. The number of halogens is 2. The summed E-state index contributed by atoms with van der Waals surface area (Å²) < 4.78 is 33.0. The van der Waals surface area contributed by atoms with Crippen molar-refractivity contribution in [3.05, 3.63) is 34.9 Å². The molecule has 0 radical (unpaired) electrons. The molecule has 2 rings (SSSR count). The zero-order valence-electron chi connectivity index (χ0n) is 11.0. The molecule has 1 aliphatic heterocycles. The topological polar surface area (TPSA) is 21.3 Å². The average molecular weight is 255 g/mol. The van der Waals surface area contributed by atoms with Crippen molar-refractivity contribution in [1.29, 1.82) is 0 Å². The van der Waals surface area contributed by atoms with Gasteiger partial charge in [-0.2, -0.15) is 0 Å². The van der Waals surface area contributed by atoms with Crippen molar-refractivity contribution in [2.24, 2.45) is 0 Å². The smallest absolute Gasteiger partial charge is 0.129 e. The lowest BCUT2D eigenvalue weighted by molar-refractivity contribution is -0.0315. The zero-order chi connectivity index (χ0) is 13.3. The second-order valence-electron chi connectivity index (χ2n) is 5.22. The number of hydrogen-bond donors (Lipinski definition) is 1. The van der Waals surface area contributed by atoms with Crippen LogP contribution in [0.15, 0.2) is 12.1 Å². The number of aryl methyl sites for hydroxylation is 1. The molecule has 1 saturated heterocycles. The zero-order valence-corrected chi connectivity index (χ0v) is 11.0. The van der Waals surface area contributed by atoms with Crippen molar-refractivity contribution in [2.75, 3.05) is 13.2 Å². The van der Waals surface area contributed by atoms with E-state index >= 15 is 0 Å². The van der Waals surface area contributed by atoms with Crippen LogP contribution in [0.5, 0.6) is 0 Å². The first-order valence-corrected chi connectivity index (χ1v) is 6.27. The third-order valence-corrected chi connectivity index (χ3v) is 3.72. The van der Waals surface area contributed by atoms with Crippen LogP contribution in [0.3, 0.4) is 0 Å². The number of nitrogens with one attached hydrogen (secondary N) is 1. The standard InChI is InChI=1S/C14H19F2NO/c1-4-14(3)8-18-13(7-17-14)10-6-11(15)9(2)5-12(10)16/h5-6,13,17H,4,7-8H2,1-3H3. The Morgan fingerprint density at radius 2 is 2.11 bits per heavy atom. The van der Waals surface area contributed by atoms with Crippen LogP contribution in [0.2, 0.25) is 0 Å². The fourth-order valence-corrected chi connectivity index (χ4v) is 2.07. The van der Waals surface area contributed by atoms with Gasteiger partial charge < -0.3 is 10.1 Å². The van der Waals surface area contributed by atoms with Crippen molar-refractivity contribution in [1.82, 2.24) is 5.32 Å². The largest absolute Gasteiger partial charge is 0.370 e. The minimum absolute atomic E-state index is 0.0732. The Kier molecular flexibility index (Phi) is 3.69. The number of morpholine rings is 1. The number of hydrogen-bond acceptors (Lipinski definition) is 2. The van der Waals surface area contributed by atoms with Crippen molar-refractivity contribution >= 4 is 0 Å². The van der Waals surface area contributed by atoms with Gasteiger partial charge >= 0.3 is 0 Å². The Bertz CT molecular complexity index is 440. The van der Waals surface area contributed by atoms with Crippen molar-refractivity contribution in [3.63, 3.8) is 0 Å². The van der Waals surface area contributed by atoms with Gasteiger partial charge in [0, 0.05) is 17.6 Å². The molecule has 0 saturated carbocycles. The van der Waals surface area contributed by atoms with Crippen LogP contribution in [0.1, 0.15) is 37.5 Å². The molecular weight excluding hydrogens is 236 g/mol. The molecule has 1 aromatic rings. The third-order valence-electron chi connectivity index (χ3n) is 3.72. The van der Waals surface area contributed by atoms with Gasteiger partial charge in [-0.05, 0) is 38.0 Å². The van der Waals surface area contributed by atoms with Gasteiger partial charge in [-0.3, -0.25) is 0 Å². The highest BCUT2D eigenvalue weighted by Gasteiger charge is 2.31. The van der Waals surface area contributed by atoms with E-state index in [9.17, 15) is 8.78 Å². The summed E-state index contributed by atoms with van der Waals surface area (Å²) in [6.45, 7) is 6.70. The van der Waals surface area contributed by atoms with Crippen LogP contribution in [0.25, 0.3) is 0 Å². The number of benzene rings is 1. The Morgan fingerprint density at radius 1 is 1.39 bits per heavy atom. The molecular formula is C14H19F2NO. The predicted molar refractivity (Wildman–Crippen MR) is 66.5 cm³/mol. The lowest BCUT2D eigenvalue weighted by Crippen LogP contribution is -2.52. The molecule has 1 fully saturated rings. The van der Waals surface area contributed by atoms with E-state index in [-0.39, 0.29) is 11.4 Å². The maximum atomic E-state index is 13.8. The second kappa shape index (κ2) is 4.94. The third kappa shape index (κ3) is 2.54. The molecule has 2 unspecified atom stereocenters. The number of ether oxygens (including phenoxy) is 1. The Hall–Kier alpha value is -1.00. The molecule has 2 atom stereocenters. The Labute approximate surface area is 106 Å². The van der Waals surface area contributed by atoms with Crippen molar-refractivity contribution in [2.45, 2.75) is 38.8 Å². The molecule has 1 N–H and O–H groups in total. The predicted octanol–water partition coefficient (Wildman–Crippen LogP) is 3.10. The monoisotopic (exact) mass is 255 g/mol. The lowest BCUT2D eigenvalue weighted by atomic mass is 9.96. The molecule has 18 heavy (non-hydrogen) atoms. The van der Waals surface area contributed by atoms with E-state index in [1.807, 2.05) is 0 Å². The summed E-state index contributed by atoms with van der Waals surface area (Å²) in [5.41, 5.74) is 0.540. The van der Waals surface area contributed by atoms with Crippen molar-refractivity contribution in [3.8, 4) is 0 Å². The first-order valence-electron chi connectivity index (χ1n) is 6.27. The fraction of sp³-hybridized carbons (Fsp3) is 0.571. The first kappa shape index (κ1) is 13.4. The molecule has 0 aliphatic carbocycles. The van der Waals surface area contributed by atoms with Crippen LogP contribution in [0, 0.1) is 18.6 Å². The summed E-state index contributed by atoms with van der Waals surface area (Å²) in [6, 6.07) is 2.47. The molecule has 1 aliphatic rings. The van der Waals surface area contributed by atoms with Gasteiger partial charge in [0.2, 0.25) is 0 Å².